The Morgan fingerprint density at radius 2 is 1.66 bits per heavy atom. The van der Waals surface area contributed by atoms with Gasteiger partial charge in [-0.25, -0.2) is 8.42 Å². The Bertz CT molecular complexity index is 1100. The second kappa shape index (κ2) is 9.31. The van der Waals surface area contributed by atoms with Gasteiger partial charge in [-0.1, -0.05) is 12.1 Å². The van der Waals surface area contributed by atoms with Crippen molar-refractivity contribution in [3.05, 3.63) is 59.7 Å². The lowest BCUT2D eigenvalue weighted by molar-refractivity contribution is -0.137. The van der Waals surface area contributed by atoms with E-state index in [1.165, 1.54) is 28.6 Å². The predicted molar refractivity (Wildman–Crippen MR) is 119 cm³/mol. The quantitative estimate of drug-likeness (QED) is 0.693. The maximum atomic E-state index is 13.3. The molecule has 0 aromatic heterocycles. The molecular weight excluding hydrogens is 426 g/mol. The highest BCUT2D eigenvalue weighted by molar-refractivity contribution is 7.89. The van der Waals surface area contributed by atoms with Crippen molar-refractivity contribution in [3.8, 4) is 11.8 Å². The molecule has 8 heteroatoms. The van der Waals surface area contributed by atoms with Crippen molar-refractivity contribution in [2.24, 2.45) is 5.92 Å². The summed E-state index contributed by atoms with van der Waals surface area (Å²) in [6, 6.07) is 15.9. The predicted octanol–water partition coefficient (Wildman–Crippen LogP) is 3.33. The summed E-state index contributed by atoms with van der Waals surface area (Å²) in [7, 11) is -2.00. The van der Waals surface area contributed by atoms with Crippen LogP contribution >= 0.6 is 0 Å². The second-order valence-electron chi connectivity index (χ2n) is 8.28. The van der Waals surface area contributed by atoms with Gasteiger partial charge in [-0.2, -0.15) is 9.57 Å². The highest BCUT2D eigenvalue weighted by Gasteiger charge is 2.37. The Hall–Kier alpha value is -2.89. The van der Waals surface area contributed by atoms with E-state index in [9.17, 15) is 13.2 Å². The highest BCUT2D eigenvalue weighted by atomic mass is 32.2. The Kier molecular flexibility index (Phi) is 6.49. The molecule has 0 radical (unpaired) electrons. The van der Waals surface area contributed by atoms with Gasteiger partial charge in [0.15, 0.2) is 0 Å². The number of benzene rings is 2. The van der Waals surface area contributed by atoms with Gasteiger partial charge in [0.25, 0.3) is 0 Å². The van der Waals surface area contributed by atoms with E-state index in [-0.39, 0.29) is 22.8 Å². The zero-order valence-corrected chi connectivity index (χ0v) is 18.9. The molecule has 0 N–H and O–H groups in total. The van der Waals surface area contributed by atoms with Crippen LogP contribution in [0.25, 0.3) is 0 Å². The first kappa shape index (κ1) is 22.3. The smallest absolute Gasteiger partial charge is 0.243 e. The van der Waals surface area contributed by atoms with Gasteiger partial charge < -0.3 is 9.64 Å². The Morgan fingerprint density at radius 3 is 2.25 bits per heavy atom. The number of methoxy groups -OCH3 is 1. The Morgan fingerprint density at radius 1 is 1.00 bits per heavy atom. The van der Waals surface area contributed by atoms with Crippen LogP contribution in [-0.2, 0) is 14.8 Å². The molecule has 2 aromatic rings. The largest absolute Gasteiger partial charge is 0.497 e. The molecule has 1 amide bonds. The topological polar surface area (TPSA) is 90.7 Å². The van der Waals surface area contributed by atoms with Crippen molar-refractivity contribution in [1.82, 2.24) is 9.21 Å². The lowest BCUT2D eigenvalue weighted by Gasteiger charge is -2.34. The first-order valence-corrected chi connectivity index (χ1v) is 12.3. The van der Waals surface area contributed by atoms with Gasteiger partial charge in [0, 0.05) is 25.6 Å². The fraction of sp³-hybridized carbons (Fsp3) is 0.417. The van der Waals surface area contributed by atoms with E-state index in [4.69, 9.17) is 10.00 Å². The number of sulfonamides is 1. The number of nitrogens with zero attached hydrogens (tertiary/aromatic N) is 3. The zero-order chi connectivity index (χ0) is 22.7. The molecule has 2 saturated heterocycles. The SMILES string of the molecule is COc1ccc(C2CCCN2C(=O)C2CCN(S(=O)(=O)c3ccc(C#N)cc3)CC2)cc1. The van der Waals surface area contributed by atoms with E-state index >= 15 is 0 Å². The molecule has 1 atom stereocenters. The van der Waals surface area contributed by atoms with Crippen molar-refractivity contribution >= 4 is 15.9 Å². The van der Waals surface area contributed by atoms with E-state index in [0.29, 0.717) is 31.5 Å². The van der Waals surface area contributed by atoms with E-state index in [2.05, 4.69) is 0 Å². The summed E-state index contributed by atoms with van der Waals surface area (Å²) >= 11 is 0. The first-order chi connectivity index (χ1) is 15.4. The van der Waals surface area contributed by atoms with Crippen LogP contribution in [-0.4, -0.2) is 50.3 Å². The van der Waals surface area contributed by atoms with Gasteiger partial charge in [-0.15, -0.1) is 0 Å². The van der Waals surface area contributed by atoms with Gasteiger partial charge in [-0.3, -0.25) is 4.79 Å². The number of nitriles is 1. The lowest BCUT2D eigenvalue weighted by atomic mass is 9.95. The number of likely N-dealkylation sites (tertiary alicyclic amines) is 1. The number of carbonyl (C=O) groups is 1. The third kappa shape index (κ3) is 4.36. The maximum Gasteiger partial charge on any atom is 0.243 e. The third-order valence-corrected chi connectivity index (χ3v) is 8.37. The van der Waals surface area contributed by atoms with Crippen LogP contribution in [0.4, 0.5) is 0 Å². The molecule has 4 rings (SSSR count). The van der Waals surface area contributed by atoms with Crippen LogP contribution < -0.4 is 4.74 Å². The monoisotopic (exact) mass is 453 g/mol. The third-order valence-electron chi connectivity index (χ3n) is 6.46. The molecule has 7 nitrogen and oxygen atoms in total. The summed E-state index contributed by atoms with van der Waals surface area (Å²) in [5.74, 6) is 0.750. The molecule has 0 saturated carbocycles. The molecule has 0 spiro atoms. The van der Waals surface area contributed by atoms with Gasteiger partial charge in [-0.05, 0) is 67.6 Å². The second-order valence-corrected chi connectivity index (χ2v) is 10.2. The standard InChI is InChI=1S/C24H27N3O4S/c1-31-21-8-6-19(7-9-21)23-3-2-14-27(23)24(28)20-12-15-26(16-13-20)32(29,30)22-10-4-18(17-25)5-11-22/h4-11,20,23H,2-3,12-16H2,1H3. The van der Waals surface area contributed by atoms with Crippen LogP contribution in [0.1, 0.15) is 42.9 Å². The summed E-state index contributed by atoms with van der Waals surface area (Å²) in [6.45, 7) is 1.37. The molecular formula is C24H27N3O4S. The number of piperidine rings is 1. The normalized spacial score (nSPS) is 20.1. The summed E-state index contributed by atoms with van der Waals surface area (Å²) in [5.41, 5.74) is 1.53. The fourth-order valence-electron chi connectivity index (χ4n) is 4.63. The summed E-state index contributed by atoms with van der Waals surface area (Å²) in [6.07, 6.45) is 2.93. The summed E-state index contributed by atoms with van der Waals surface area (Å²) < 4.78 is 32.6. The van der Waals surface area contributed by atoms with Crippen LogP contribution in [0, 0.1) is 17.2 Å². The summed E-state index contributed by atoms with van der Waals surface area (Å²) in [5, 5.41) is 8.91. The highest BCUT2D eigenvalue weighted by Crippen LogP contribution is 2.35. The Balaban J connectivity index is 1.40. The van der Waals surface area contributed by atoms with Crippen LogP contribution in [0.5, 0.6) is 5.75 Å². The number of hydrogen-bond donors (Lipinski definition) is 0. The molecule has 1 unspecified atom stereocenters. The van der Waals surface area contributed by atoms with E-state index in [0.717, 1.165) is 30.7 Å². The maximum absolute atomic E-state index is 13.3. The average molecular weight is 454 g/mol. The minimum absolute atomic E-state index is 0.0637. The van der Waals surface area contributed by atoms with Gasteiger partial charge in [0.2, 0.25) is 15.9 Å². The average Bonchev–Trinajstić information content (AvgIpc) is 3.33. The van der Waals surface area contributed by atoms with Crippen molar-refractivity contribution in [2.75, 3.05) is 26.7 Å². The molecule has 2 aliphatic heterocycles. The number of ether oxygens (including phenoxy) is 1. The lowest BCUT2D eigenvalue weighted by Crippen LogP contribution is -2.44. The molecule has 2 fully saturated rings. The van der Waals surface area contributed by atoms with Crippen molar-refractivity contribution < 1.29 is 17.9 Å². The number of carbonyl (C=O) groups excluding carboxylic acids is 1. The van der Waals surface area contributed by atoms with Gasteiger partial charge >= 0.3 is 0 Å². The van der Waals surface area contributed by atoms with Crippen LogP contribution in [0.2, 0.25) is 0 Å². The summed E-state index contributed by atoms with van der Waals surface area (Å²) in [4.78, 5) is 15.5. The Labute approximate surface area is 189 Å². The fourth-order valence-corrected chi connectivity index (χ4v) is 6.10. The molecule has 0 aliphatic carbocycles. The zero-order valence-electron chi connectivity index (χ0n) is 18.1. The molecule has 168 valence electrons. The van der Waals surface area contributed by atoms with E-state index < -0.39 is 10.0 Å². The van der Waals surface area contributed by atoms with Crippen molar-refractivity contribution in [1.29, 1.82) is 5.26 Å². The van der Waals surface area contributed by atoms with Crippen molar-refractivity contribution in [2.45, 2.75) is 36.6 Å². The minimum atomic E-state index is -3.63. The molecule has 32 heavy (non-hydrogen) atoms. The number of rotatable bonds is 5. The number of hydrogen-bond acceptors (Lipinski definition) is 5. The first-order valence-electron chi connectivity index (χ1n) is 10.9. The van der Waals surface area contributed by atoms with Gasteiger partial charge in [0.05, 0.1) is 29.7 Å². The van der Waals surface area contributed by atoms with Gasteiger partial charge in [0.1, 0.15) is 5.75 Å². The molecule has 2 aromatic carbocycles. The number of amides is 1. The minimum Gasteiger partial charge on any atom is -0.497 e. The molecule has 2 aliphatic rings. The molecule has 2 heterocycles. The van der Waals surface area contributed by atoms with Crippen LogP contribution in [0.3, 0.4) is 0 Å². The molecule has 0 bridgehead atoms. The van der Waals surface area contributed by atoms with Crippen molar-refractivity contribution in [3.63, 3.8) is 0 Å². The van der Waals surface area contributed by atoms with E-state index in [1.807, 2.05) is 35.2 Å². The van der Waals surface area contributed by atoms with E-state index in [1.54, 1.807) is 7.11 Å². The van der Waals surface area contributed by atoms with Crippen LogP contribution in [0.15, 0.2) is 53.4 Å².